The molecule has 15 heteroatoms. The van der Waals surface area contributed by atoms with Crippen molar-refractivity contribution in [2.75, 3.05) is 46.3 Å². The number of carboxylic acid groups (broad SMARTS) is 1. The number of alkyl halides is 3. The van der Waals surface area contributed by atoms with E-state index in [-0.39, 0.29) is 11.7 Å². The van der Waals surface area contributed by atoms with Gasteiger partial charge in [0, 0.05) is 44.2 Å². The second kappa shape index (κ2) is 15.3. The van der Waals surface area contributed by atoms with Gasteiger partial charge in [0.15, 0.2) is 0 Å². The molecule has 1 atom stereocenters. The second-order valence-electron chi connectivity index (χ2n) is 11.8. The molecular weight excluding hydrogens is 669 g/mol. The molecule has 246 valence electrons. The number of hydrogen-bond acceptors (Lipinski definition) is 8. The van der Waals surface area contributed by atoms with Crippen LogP contribution < -0.4 is 15.8 Å². The minimum Gasteiger partial charge on any atom is -0.475 e. The summed E-state index contributed by atoms with van der Waals surface area (Å²) in [5.74, 6) is 3.79. The zero-order valence-corrected chi connectivity index (χ0v) is 27.0. The lowest BCUT2D eigenvalue weighted by Gasteiger charge is -2.39. The second-order valence-corrected chi connectivity index (χ2v) is 12.7. The van der Waals surface area contributed by atoms with Crippen molar-refractivity contribution < 1.29 is 27.9 Å². The quantitative estimate of drug-likeness (QED) is 0.169. The maximum absolute atomic E-state index is 12.9. The molecule has 1 aromatic carbocycles. The summed E-state index contributed by atoms with van der Waals surface area (Å²) in [6.07, 6.45) is 5.13. The number of nitrogens with one attached hydrogen (secondary N) is 1. The summed E-state index contributed by atoms with van der Waals surface area (Å²) in [6, 6.07) is 10.8. The monoisotopic (exact) mass is 705 g/mol. The van der Waals surface area contributed by atoms with Crippen molar-refractivity contribution in [2.24, 2.45) is 11.8 Å². The highest BCUT2D eigenvalue weighted by Crippen LogP contribution is 2.40. The fourth-order valence-electron chi connectivity index (χ4n) is 6.07. The van der Waals surface area contributed by atoms with E-state index in [1.165, 1.54) is 18.4 Å². The molecule has 2 aliphatic heterocycles. The van der Waals surface area contributed by atoms with Gasteiger partial charge in [0.2, 0.25) is 5.82 Å². The highest BCUT2D eigenvalue weighted by molar-refractivity contribution is 9.10. The number of piperazine rings is 1. The third-order valence-corrected chi connectivity index (χ3v) is 9.00. The molecule has 1 aromatic heterocycles. The number of carbonyl (C=O) groups excluding carboxylic acids is 1. The SMILES string of the molecule is CN1CCN(Cc2ccc(C3=CC(C(=O)NN)=C[N+](CC4CCCC4)(c4nc(C#N)ncc4Br)C3)cc2)CC1.O=C(O)C(F)(F)F. The number of halogens is 4. The molecule has 0 bridgehead atoms. The fourth-order valence-corrected chi connectivity index (χ4v) is 6.62. The van der Waals surface area contributed by atoms with Crippen molar-refractivity contribution in [3.05, 3.63) is 69.7 Å². The number of carbonyl (C=O) groups is 2. The molecule has 1 unspecified atom stereocenters. The van der Waals surface area contributed by atoms with Crippen LogP contribution in [0.4, 0.5) is 19.0 Å². The summed E-state index contributed by atoms with van der Waals surface area (Å²) in [7, 11) is 2.17. The number of nitrogens with zero attached hydrogens (tertiary/aromatic N) is 6. The normalized spacial score (nSPS) is 21.0. The van der Waals surface area contributed by atoms with Gasteiger partial charge in [-0.3, -0.25) is 15.1 Å². The summed E-state index contributed by atoms with van der Waals surface area (Å²) in [5.41, 5.74) is 6.18. The Morgan fingerprint density at radius 2 is 1.80 bits per heavy atom. The van der Waals surface area contributed by atoms with Crippen molar-refractivity contribution in [1.82, 2.24) is 29.7 Å². The number of rotatable bonds is 7. The van der Waals surface area contributed by atoms with Crippen LogP contribution in [0, 0.1) is 17.2 Å². The number of hydrazine groups is 1. The standard InChI is InChI=1S/C29H35BrN8O.C2HF3O2/c1-36-10-12-37(13-11-36)17-21-6-8-23(9-7-21)24-14-25(29(39)35-32)20-38(19-24,18-22-4-2-3-5-22)28-26(30)16-33-27(15-31)34-28;3-2(4,5)1(6)7/h6-9,14,16,20,22H,2-5,10-13,17-19,32H2,1H3;(H,6,7)/p+1. The van der Waals surface area contributed by atoms with E-state index in [1.807, 2.05) is 12.3 Å². The summed E-state index contributed by atoms with van der Waals surface area (Å²) < 4.78 is 32.8. The lowest BCUT2D eigenvalue weighted by atomic mass is 9.95. The lowest BCUT2D eigenvalue weighted by Crippen LogP contribution is -2.51. The van der Waals surface area contributed by atoms with Crippen LogP contribution in [0.25, 0.3) is 5.57 Å². The van der Waals surface area contributed by atoms with Crippen molar-refractivity contribution in [3.63, 3.8) is 0 Å². The smallest absolute Gasteiger partial charge is 0.475 e. The maximum atomic E-state index is 12.9. The lowest BCUT2D eigenvalue weighted by molar-refractivity contribution is -0.192. The molecule has 0 spiro atoms. The van der Waals surface area contributed by atoms with Crippen LogP contribution in [0.1, 0.15) is 42.6 Å². The number of hydrogen-bond donors (Lipinski definition) is 3. The Bertz CT molecular complexity index is 1510. The van der Waals surface area contributed by atoms with Gasteiger partial charge in [-0.05, 0) is 53.0 Å². The molecule has 1 amide bonds. The Hall–Kier alpha value is -3.68. The number of nitriles is 1. The number of benzene rings is 1. The van der Waals surface area contributed by atoms with Gasteiger partial charge in [-0.25, -0.2) is 20.1 Å². The predicted molar refractivity (Wildman–Crippen MR) is 169 cm³/mol. The van der Waals surface area contributed by atoms with Gasteiger partial charge in [-0.2, -0.15) is 23.4 Å². The number of aliphatic carboxylic acids is 1. The maximum Gasteiger partial charge on any atom is 0.490 e. The predicted octanol–water partition coefficient (Wildman–Crippen LogP) is 3.96. The summed E-state index contributed by atoms with van der Waals surface area (Å²) in [5, 5.41) is 16.7. The summed E-state index contributed by atoms with van der Waals surface area (Å²) in [4.78, 5) is 35.5. The van der Waals surface area contributed by atoms with Crippen molar-refractivity contribution in [3.8, 4) is 6.07 Å². The molecule has 1 aliphatic carbocycles. The number of amides is 1. The molecule has 0 radical (unpaired) electrons. The third kappa shape index (κ3) is 8.98. The Kier molecular flexibility index (Phi) is 11.7. The molecular formula is C31H37BrF3N8O3+. The van der Waals surface area contributed by atoms with Gasteiger partial charge in [-0.1, -0.05) is 37.1 Å². The van der Waals surface area contributed by atoms with Gasteiger partial charge in [0.1, 0.15) is 23.3 Å². The van der Waals surface area contributed by atoms with Gasteiger partial charge < -0.3 is 10.0 Å². The summed E-state index contributed by atoms with van der Waals surface area (Å²) >= 11 is 3.66. The minimum atomic E-state index is -5.08. The zero-order valence-electron chi connectivity index (χ0n) is 25.4. The molecule has 1 saturated heterocycles. The number of quaternary nitrogens is 1. The van der Waals surface area contributed by atoms with E-state index < -0.39 is 12.1 Å². The molecule has 3 heterocycles. The molecule has 2 aromatic rings. The first-order chi connectivity index (χ1) is 21.8. The average molecular weight is 707 g/mol. The molecule has 1 saturated carbocycles. The van der Waals surface area contributed by atoms with Crippen LogP contribution in [0.15, 0.2) is 52.8 Å². The van der Waals surface area contributed by atoms with E-state index in [0.717, 1.165) is 63.2 Å². The minimum absolute atomic E-state index is 0.111. The van der Waals surface area contributed by atoms with Crippen LogP contribution in [0.2, 0.25) is 0 Å². The first-order valence-electron chi connectivity index (χ1n) is 14.9. The van der Waals surface area contributed by atoms with Crippen molar-refractivity contribution >= 4 is 39.2 Å². The van der Waals surface area contributed by atoms with Crippen LogP contribution in [-0.2, 0) is 16.1 Å². The summed E-state index contributed by atoms with van der Waals surface area (Å²) in [6.45, 7) is 6.65. The largest absolute Gasteiger partial charge is 0.490 e. The molecule has 5 rings (SSSR count). The Morgan fingerprint density at radius 3 is 2.37 bits per heavy atom. The van der Waals surface area contributed by atoms with Crippen LogP contribution in [-0.4, -0.2) is 89.2 Å². The number of carboxylic acids is 1. The van der Waals surface area contributed by atoms with Gasteiger partial charge >= 0.3 is 12.1 Å². The van der Waals surface area contributed by atoms with Crippen molar-refractivity contribution in [1.29, 1.82) is 5.26 Å². The van der Waals surface area contributed by atoms with E-state index in [2.05, 4.69) is 78.5 Å². The number of nitrogens with two attached hydrogens (primary N) is 1. The zero-order chi connectivity index (χ0) is 33.5. The molecule has 46 heavy (non-hydrogen) atoms. The van der Waals surface area contributed by atoms with E-state index in [1.54, 1.807) is 6.20 Å². The average Bonchev–Trinajstić information content (AvgIpc) is 3.54. The van der Waals surface area contributed by atoms with Gasteiger partial charge in [0.25, 0.3) is 11.7 Å². The first kappa shape index (κ1) is 35.2. The Labute approximate surface area is 273 Å². The third-order valence-electron chi connectivity index (χ3n) is 8.44. The Morgan fingerprint density at radius 1 is 1.17 bits per heavy atom. The van der Waals surface area contributed by atoms with Gasteiger partial charge in [-0.15, -0.1) is 0 Å². The van der Waals surface area contributed by atoms with Crippen LogP contribution >= 0.6 is 15.9 Å². The van der Waals surface area contributed by atoms with E-state index in [0.29, 0.717) is 32.8 Å². The Balaban J connectivity index is 0.000000617. The fraction of sp³-hybridized carbons (Fsp3) is 0.452. The molecule has 2 fully saturated rings. The van der Waals surface area contributed by atoms with Crippen LogP contribution in [0.5, 0.6) is 0 Å². The first-order valence-corrected chi connectivity index (χ1v) is 15.7. The van der Waals surface area contributed by atoms with Crippen molar-refractivity contribution in [2.45, 2.75) is 38.4 Å². The van der Waals surface area contributed by atoms with Crippen LogP contribution in [0.3, 0.4) is 0 Å². The molecule has 4 N–H and O–H groups in total. The van der Waals surface area contributed by atoms with E-state index >= 15 is 0 Å². The highest BCUT2D eigenvalue weighted by Gasteiger charge is 2.41. The number of aromatic nitrogens is 2. The van der Waals surface area contributed by atoms with Gasteiger partial charge in [0.05, 0.1) is 18.3 Å². The molecule has 3 aliphatic rings. The van der Waals surface area contributed by atoms with E-state index in [4.69, 9.17) is 15.7 Å². The molecule has 11 nitrogen and oxygen atoms in total. The van der Waals surface area contributed by atoms with E-state index in [9.17, 15) is 23.2 Å². The highest BCUT2D eigenvalue weighted by atomic mass is 79.9. The topological polar surface area (TPSA) is 148 Å². The number of likely N-dealkylation sites (N-methyl/N-ethyl adjacent to an activating group) is 1.